The highest BCUT2D eigenvalue weighted by atomic mass is 16.5. The number of hydrogen-bond acceptors (Lipinski definition) is 6. The lowest BCUT2D eigenvalue weighted by Crippen LogP contribution is -2.26. The summed E-state index contributed by atoms with van der Waals surface area (Å²) in [6.07, 6.45) is 5.16. The molecular weight excluding hydrogens is 330 g/mol. The van der Waals surface area contributed by atoms with Crippen LogP contribution in [0.15, 0.2) is 10.7 Å². The van der Waals surface area contributed by atoms with Crippen molar-refractivity contribution in [3.05, 3.63) is 40.3 Å². The van der Waals surface area contributed by atoms with E-state index in [0.717, 1.165) is 47.1 Å². The molecule has 7 heteroatoms. The van der Waals surface area contributed by atoms with Crippen LogP contribution >= 0.6 is 0 Å². The third-order valence-electron chi connectivity index (χ3n) is 5.11. The van der Waals surface area contributed by atoms with Gasteiger partial charge in [0.2, 0.25) is 5.91 Å². The number of aromatic nitrogens is 3. The molecule has 0 unspecified atom stereocenters. The predicted octanol–water partition coefficient (Wildman–Crippen LogP) is 2.41. The number of rotatable bonds is 6. The summed E-state index contributed by atoms with van der Waals surface area (Å²) < 4.78 is 5.15. The molecule has 1 aliphatic heterocycles. The number of carbonyl (C=O) groups is 1. The quantitative estimate of drug-likeness (QED) is 0.855. The Labute approximate surface area is 154 Å². The summed E-state index contributed by atoms with van der Waals surface area (Å²) in [5, 5.41) is 6.94. The molecule has 0 saturated carbocycles. The van der Waals surface area contributed by atoms with Gasteiger partial charge in [0, 0.05) is 30.3 Å². The fraction of sp³-hybridized carbons (Fsp3) is 0.579. The zero-order valence-corrected chi connectivity index (χ0v) is 16.0. The van der Waals surface area contributed by atoms with Crippen LogP contribution in [0.25, 0.3) is 0 Å². The number of likely N-dealkylation sites (tertiary alicyclic amines) is 1. The number of hydrogen-bond donors (Lipinski definition) is 1. The average molecular weight is 357 g/mol. The Kier molecular flexibility index (Phi) is 5.66. The molecule has 0 aromatic carbocycles. The van der Waals surface area contributed by atoms with Gasteiger partial charge in [-0.1, -0.05) is 5.16 Å². The van der Waals surface area contributed by atoms with E-state index < -0.39 is 0 Å². The normalized spacial score (nSPS) is 17.6. The van der Waals surface area contributed by atoms with Crippen molar-refractivity contribution in [2.45, 2.75) is 59.0 Å². The van der Waals surface area contributed by atoms with Crippen LogP contribution in [0, 0.1) is 20.8 Å². The number of nitrogens with one attached hydrogen (secondary N) is 1. The van der Waals surface area contributed by atoms with Crippen molar-refractivity contribution in [1.29, 1.82) is 0 Å². The maximum atomic E-state index is 12.3. The highest BCUT2D eigenvalue weighted by molar-refractivity contribution is 5.76. The summed E-state index contributed by atoms with van der Waals surface area (Å²) >= 11 is 0. The van der Waals surface area contributed by atoms with Crippen molar-refractivity contribution in [2.75, 3.05) is 13.6 Å². The molecular formula is C19H27N5O2. The molecule has 1 aliphatic rings. The zero-order chi connectivity index (χ0) is 18.7. The highest BCUT2D eigenvalue weighted by Crippen LogP contribution is 2.31. The predicted molar refractivity (Wildman–Crippen MR) is 97.5 cm³/mol. The third-order valence-corrected chi connectivity index (χ3v) is 5.11. The molecule has 7 nitrogen and oxygen atoms in total. The second kappa shape index (κ2) is 7.95. The largest absolute Gasteiger partial charge is 0.361 e. The monoisotopic (exact) mass is 357 g/mol. The fourth-order valence-electron chi connectivity index (χ4n) is 3.57. The van der Waals surface area contributed by atoms with Crippen molar-refractivity contribution >= 4 is 5.91 Å². The highest BCUT2D eigenvalue weighted by Gasteiger charge is 2.26. The first-order chi connectivity index (χ1) is 12.5. The van der Waals surface area contributed by atoms with Gasteiger partial charge in [0.05, 0.1) is 17.4 Å². The molecule has 0 aliphatic carbocycles. The van der Waals surface area contributed by atoms with E-state index in [-0.39, 0.29) is 5.91 Å². The maximum absolute atomic E-state index is 12.3. The Morgan fingerprint density at radius 2 is 2.19 bits per heavy atom. The lowest BCUT2D eigenvalue weighted by atomic mass is 10.1. The van der Waals surface area contributed by atoms with Gasteiger partial charge in [-0.3, -0.25) is 9.69 Å². The van der Waals surface area contributed by atoms with E-state index in [9.17, 15) is 4.79 Å². The van der Waals surface area contributed by atoms with Crippen LogP contribution in [0.4, 0.5) is 0 Å². The molecule has 140 valence electrons. The van der Waals surface area contributed by atoms with E-state index >= 15 is 0 Å². The molecule has 2 aromatic heterocycles. The smallest absolute Gasteiger partial charge is 0.220 e. The molecule has 1 saturated heterocycles. The minimum absolute atomic E-state index is 0.0105. The fourth-order valence-corrected chi connectivity index (χ4v) is 3.57. The topological polar surface area (TPSA) is 84.2 Å². The van der Waals surface area contributed by atoms with E-state index in [4.69, 9.17) is 4.52 Å². The molecule has 0 radical (unpaired) electrons. The first-order valence-electron chi connectivity index (χ1n) is 9.16. The Hall–Kier alpha value is -2.28. The minimum Gasteiger partial charge on any atom is -0.361 e. The molecule has 26 heavy (non-hydrogen) atoms. The standard InChI is InChI=1S/C19H27N5O2/c1-12-16(13(2)26-23-12)7-8-18(25)21-11-15-10-20-14(3)22-19(15)17-6-5-9-24(17)4/h10,17H,5-9,11H2,1-4H3,(H,21,25)/t17-/m1/s1. The minimum atomic E-state index is 0.0105. The van der Waals surface area contributed by atoms with Crippen molar-refractivity contribution in [1.82, 2.24) is 25.3 Å². The van der Waals surface area contributed by atoms with Gasteiger partial charge in [0.15, 0.2) is 0 Å². The molecule has 1 atom stereocenters. The van der Waals surface area contributed by atoms with Gasteiger partial charge < -0.3 is 9.84 Å². The van der Waals surface area contributed by atoms with E-state index in [1.54, 1.807) is 0 Å². The third kappa shape index (κ3) is 4.09. The first-order valence-corrected chi connectivity index (χ1v) is 9.16. The SMILES string of the molecule is Cc1ncc(CNC(=O)CCc2c(C)noc2C)c([C@H]2CCCN2C)n1. The summed E-state index contributed by atoms with van der Waals surface area (Å²) in [6, 6.07) is 0.311. The van der Waals surface area contributed by atoms with Gasteiger partial charge in [0.1, 0.15) is 11.6 Å². The summed E-state index contributed by atoms with van der Waals surface area (Å²) in [6.45, 7) is 7.22. The van der Waals surface area contributed by atoms with Crippen LogP contribution in [0.5, 0.6) is 0 Å². The summed E-state index contributed by atoms with van der Waals surface area (Å²) in [5.41, 5.74) is 3.92. The number of carbonyl (C=O) groups excluding carboxylic acids is 1. The van der Waals surface area contributed by atoms with Gasteiger partial charge in [-0.2, -0.15) is 0 Å². The van der Waals surface area contributed by atoms with E-state index in [1.165, 1.54) is 6.42 Å². The van der Waals surface area contributed by atoms with Crippen LogP contribution in [-0.2, 0) is 17.8 Å². The maximum Gasteiger partial charge on any atom is 0.220 e. The molecule has 0 spiro atoms. The Morgan fingerprint density at radius 3 is 2.85 bits per heavy atom. The number of aryl methyl sites for hydroxylation is 3. The molecule has 0 bridgehead atoms. The molecule has 3 heterocycles. The number of nitrogens with zero attached hydrogens (tertiary/aromatic N) is 4. The van der Waals surface area contributed by atoms with E-state index in [0.29, 0.717) is 25.4 Å². The second-order valence-electron chi connectivity index (χ2n) is 7.05. The van der Waals surface area contributed by atoms with Gasteiger partial charge in [-0.05, 0) is 53.6 Å². The second-order valence-corrected chi connectivity index (χ2v) is 7.05. The molecule has 1 fully saturated rings. The number of amides is 1. The van der Waals surface area contributed by atoms with Gasteiger partial charge in [-0.15, -0.1) is 0 Å². The summed E-state index contributed by atoms with van der Waals surface area (Å²) in [7, 11) is 2.13. The van der Waals surface area contributed by atoms with Crippen molar-refractivity contribution in [3.63, 3.8) is 0 Å². The van der Waals surface area contributed by atoms with Gasteiger partial charge in [-0.25, -0.2) is 9.97 Å². The van der Waals surface area contributed by atoms with E-state index in [1.807, 2.05) is 27.0 Å². The zero-order valence-electron chi connectivity index (χ0n) is 16.0. The summed E-state index contributed by atoms with van der Waals surface area (Å²) in [5.74, 6) is 1.57. The first kappa shape index (κ1) is 18.5. The van der Waals surface area contributed by atoms with Crippen LogP contribution in [0.2, 0.25) is 0 Å². The van der Waals surface area contributed by atoms with Crippen molar-refractivity contribution in [3.8, 4) is 0 Å². The van der Waals surface area contributed by atoms with Crippen LogP contribution in [0.3, 0.4) is 0 Å². The summed E-state index contributed by atoms with van der Waals surface area (Å²) in [4.78, 5) is 23.6. The molecule has 2 aromatic rings. The van der Waals surface area contributed by atoms with Gasteiger partial charge >= 0.3 is 0 Å². The van der Waals surface area contributed by atoms with Crippen molar-refractivity contribution in [2.24, 2.45) is 0 Å². The molecule has 1 N–H and O–H groups in total. The molecule has 3 rings (SSSR count). The van der Waals surface area contributed by atoms with Crippen molar-refractivity contribution < 1.29 is 9.32 Å². The Balaban J connectivity index is 1.61. The van der Waals surface area contributed by atoms with Gasteiger partial charge in [0.25, 0.3) is 0 Å². The Morgan fingerprint density at radius 1 is 1.38 bits per heavy atom. The lowest BCUT2D eigenvalue weighted by molar-refractivity contribution is -0.121. The van der Waals surface area contributed by atoms with Crippen LogP contribution in [0.1, 0.15) is 59.4 Å². The Bertz CT molecular complexity index is 767. The van der Waals surface area contributed by atoms with Crippen LogP contribution in [-0.4, -0.2) is 39.5 Å². The molecule has 1 amide bonds. The van der Waals surface area contributed by atoms with E-state index in [2.05, 4.69) is 32.4 Å². The van der Waals surface area contributed by atoms with Crippen LogP contribution < -0.4 is 5.32 Å². The lowest BCUT2D eigenvalue weighted by Gasteiger charge is -2.21. The average Bonchev–Trinajstić information content (AvgIpc) is 3.17.